The van der Waals surface area contributed by atoms with Gasteiger partial charge < -0.3 is 0 Å². The van der Waals surface area contributed by atoms with E-state index in [1.165, 1.54) is 30.4 Å². The summed E-state index contributed by atoms with van der Waals surface area (Å²) in [7, 11) is 0. The third-order valence-corrected chi connectivity index (χ3v) is 8.76. The molecule has 5 rings (SSSR count). The predicted molar refractivity (Wildman–Crippen MR) is 127 cm³/mol. The number of fused-ring (bicyclic) bond motifs is 2. The van der Waals surface area contributed by atoms with E-state index in [1.807, 2.05) is 28.6 Å². The Balaban J connectivity index is 1.29. The fourth-order valence-electron chi connectivity index (χ4n) is 5.97. The van der Waals surface area contributed by atoms with Crippen LogP contribution in [0.15, 0.2) is 48.5 Å². The smallest absolute Gasteiger partial charge is 0.234 e. The maximum Gasteiger partial charge on any atom is 0.234 e. The van der Waals surface area contributed by atoms with Crippen LogP contribution in [0.1, 0.15) is 42.9 Å². The van der Waals surface area contributed by atoms with Crippen LogP contribution in [0.2, 0.25) is 10.0 Å². The minimum Gasteiger partial charge on any atom is -0.294 e. The van der Waals surface area contributed by atoms with Crippen LogP contribution in [-0.4, -0.2) is 43.6 Å². The van der Waals surface area contributed by atoms with Gasteiger partial charge in [-0.2, -0.15) is 4.31 Å². The Morgan fingerprint density at radius 3 is 2.00 bits per heavy atom. The molecule has 4 nitrogen and oxygen atoms in total. The Bertz CT molecular complexity index is 888. The molecule has 2 aliphatic carbocycles. The standard InChI is InChI=1S/C24H28Cl2N2O2S/c25-21-7-3-18(4-8-21)24(19-5-9-22(26)10-6-19)27-13-17(14-27)15-28(31(29)30)23-12-16-1-2-20(23)11-16/h3-10,16-17,20,23-24H,1-2,11-15H2,(H,29,30)/t16-,20+,23-/m0/s1. The number of hydrogen-bond donors (Lipinski definition) is 1. The molecule has 31 heavy (non-hydrogen) atoms. The fourth-order valence-corrected chi connectivity index (χ4v) is 7.05. The quantitative estimate of drug-likeness (QED) is 0.523. The first-order valence-corrected chi connectivity index (χ1v) is 12.9. The molecule has 0 aromatic heterocycles. The van der Waals surface area contributed by atoms with Gasteiger partial charge in [0.15, 0.2) is 0 Å². The van der Waals surface area contributed by atoms with Crippen molar-refractivity contribution in [1.82, 2.24) is 9.21 Å². The second-order valence-corrected chi connectivity index (χ2v) is 11.2. The van der Waals surface area contributed by atoms with E-state index < -0.39 is 11.3 Å². The highest BCUT2D eigenvalue weighted by atomic mass is 35.5. The van der Waals surface area contributed by atoms with Crippen molar-refractivity contribution in [2.45, 2.75) is 37.8 Å². The zero-order valence-corrected chi connectivity index (χ0v) is 19.7. The van der Waals surface area contributed by atoms with Crippen LogP contribution >= 0.6 is 23.2 Å². The van der Waals surface area contributed by atoms with Crippen molar-refractivity contribution in [3.63, 3.8) is 0 Å². The SMILES string of the molecule is O=S(O)N(CC1CN(C(c2ccc(Cl)cc2)c2ccc(Cl)cc2)C1)[C@H]1C[C@H]2CC[C@@H]1C2. The highest BCUT2D eigenvalue weighted by Gasteiger charge is 2.45. The number of nitrogens with zero attached hydrogens (tertiary/aromatic N) is 2. The van der Waals surface area contributed by atoms with Crippen molar-refractivity contribution < 1.29 is 8.76 Å². The van der Waals surface area contributed by atoms with Gasteiger partial charge in [-0.1, -0.05) is 53.9 Å². The molecule has 1 unspecified atom stereocenters. The number of hydrogen-bond acceptors (Lipinski definition) is 2. The lowest BCUT2D eigenvalue weighted by Gasteiger charge is -2.47. The summed E-state index contributed by atoms with van der Waals surface area (Å²) >= 11 is 10.3. The second-order valence-electron chi connectivity index (χ2n) is 9.40. The lowest BCUT2D eigenvalue weighted by atomic mass is 9.89. The zero-order valence-electron chi connectivity index (χ0n) is 17.4. The molecule has 1 N–H and O–H groups in total. The van der Waals surface area contributed by atoms with E-state index in [0.29, 0.717) is 18.4 Å². The molecule has 2 aromatic carbocycles. The molecule has 2 bridgehead atoms. The Kier molecular flexibility index (Phi) is 6.44. The highest BCUT2D eigenvalue weighted by Crippen LogP contribution is 2.47. The molecule has 7 heteroatoms. The summed E-state index contributed by atoms with van der Waals surface area (Å²) in [6.45, 7) is 2.51. The van der Waals surface area contributed by atoms with Gasteiger partial charge in [0.05, 0.1) is 6.04 Å². The van der Waals surface area contributed by atoms with Gasteiger partial charge >= 0.3 is 0 Å². The van der Waals surface area contributed by atoms with Crippen molar-refractivity contribution in [3.05, 3.63) is 69.7 Å². The molecule has 166 valence electrons. The maximum atomic E-state index is 12.2. The molecule has 1 heterocycles. The van der Waals surface area contributed by atoms with E-state index >= 15 is 0 Å². The normalized spacial score (nSPS) is 27.2. The molecule has 1 aliphatic heterocycles. The third kappa shape index (κ3) is 4.59. The van der Waals surface area contributed by atoms with Gasteiger partial charge in [0, 0.05) is 35.7 Å². The minimum atomic E-state index is -1.90. The van der Waals surface area contributed by atoms with Gasteiger partial charge in [0.2, 0.25) is 11.3 Å². The molecule has 0 amide bonds. The second kappa shape index (κ2) is 9.12. The predicted octanol–water partition coefficient (Wildman–Crippen LogP) is 5.64. The van der Waals surface area contributed by atoms with E-state index in [1.54, 1.807) is 0 Å². The Morgan fingerprint density at radius 2 is 1.55 bits per heavy atom. The van der Waals surface area contributed by atoms with Crippen molar-refractivity contribution >= 4 is 34.5 Å². The van der Waals surface area contributed by atoms with Crippen molar-refractivity contribution in [2.24, 2.45) is 17.8 Å². The van der Waals surface area contributed by atoms with Crippen LogP contribution in [0.3, 0.4) is 0 Å². The average Bonchev–Trinajstić information content (AvgIpc) is 3.35. The van der Waals surface area contributed by atoms with Crippen LogP contribution < -0.4 is 0 Å². The maximum absolute atomic E-state index is 12.2. The summed E-state index contributed by atoms with van der Waals surface area (Å²) in [5.74, 6) is 1.77. The van der Waals surface area contributed by atoms with Crippen LogP contribution in [0.4, 0.5) is 0 Å². The number of halogens is 2. The van der Waals surface area contributed by atoms with Gasteiger partial charge in [-0.25, -0.2) is 4.21 Å². The molecule has 0 radical (unpaired) electrons. The number of rotatable bonds is 7. The molecule has 4 atom stereocenters. The van der Waals surface area contributed by atoms with Crippen molar-refractivity contribution in [3.8, 4) is 0 Å². The molecule has 2 aromatic rings. The van der Waals surface area contributed by atoms with Gasteiger partial charge in [0.25, 0.3) is 0 Å². The summed E-state index contributed by atoms with van der Waals surface area (Å²) in [5, 5.41) is 1.46. The third-order valence-electron chi connectivity index (χ3n) is 7.43. The Labute approximate surface area is 196 Å². The first-order valence-electron chi connectivity index (χ1n) is 11.1. The molecule has 2 saturated carbocycles. The van der Waals surface area contributed by atoms with Gasteiger partial charge in [-0.3, -0.25) is 9.45 Å². The van der Waals surface area contributed by atoms with Crippen molar-refractivity contribution in [2.75, 3.05) is 19.6 Å². The largest absolute Gasteiger partial charge is 0.294 e. The average molecular weight is 479 g/mol. The molecule has 1 saturated heterocycles. The topological polar surface area (TPSA) is 43.8 Å². The van der Waals surface area contributed by atoms with Gasteiger partial charge in [-0.05, 0) is 72.4 Å². The van der Waals surface area contributed by atoms with Gasteiger partial charge in [0.1, 0.15) is 0 Å². The van der Waals surface area contributed by atoms with Gasteiger partial charge in [-0.15, -0.1) is 0 Å². The lowest BCUT2D eigenvalue weighted by Crippen LogP contribution is -2.54. The molecule has 0 spiro atoms. The highest BCUT2D eigenvalue weighted by molar-refractivity contribution is 7.76. The van der Waals surface area contributed by atoms with E-state index in [4.69, 9.17) is 23.2 Å². The first kappa shape index (κ1) is 21.9. The summed E-state index contributed by atoms with van der Waals surface area (Å²) < 4.78 is 24.1. The summed E-state index contributed by atoms with van der Waals surface area (Å²) in [4.78, 5) is 2.44. The summed E-state index contributed by atoms with van der Waals surface area (Å²) in [6, 6.07) is 16.5. The van der Waals surface area contributed by atoms with Crippen LogP contribution in [-0.2, 0) is 11.3 Å². The molecule has 3 fully saturated rings. The van der Waals surface area contributed by atoms with Crippen LogP contribution in [0.5, 0.6) is 0 Å². The number of benzene rings is 2. The van der Waals surface area contributed by atoms with E-state index in [0.717, 1.165) is 35.5 Å². The summed E-state index contributed by atoms with van der Waals surface area (Å²) in [5.41, 5.74) is 2.39. The number of likely N-dealkylation sites (tertiary alicyclic amines) is 1. The molecule has 3 aliphatic rings. The van der Waals surface area contributed by atoms with E-state index in [9.17, 15) is 8.76 Å². The van der Waals surface area contributed by atoms with Crippen LogP contribution in [0.25, 0.3) is 0 Å². The Morgan fingerprint density at radius 1 is 0.968 bits per heavy atom. The van der Waals surface area contributed by atoms with Crippen molar-refractivity contribution in [1.29, 1.82) is 0 Å². The zero-order chi connectivity index (χ0) is 21.5. The van der Waals surface area contributed by atoms with E-state index in [2.05, 4.69) is 29.2 Å². The van der Waals surface area contributed by atoms with Crippen LogP contribution in [0, 0.1) is 17.8 Å². The Hall–Kier alpha value is -0.950. The monoisotopic (exact) mass is 478 g/mol. The van der Waals surface area contributed by atoms with E-state index in [-0.39, 0.29) is 12.1 Å². The molecular weight excluding hydrogens is 451 g/mol. The molecular formula is C24H28Cl2N2O2S. The fraction of sp³-hybridized carbons (Fsp3) is 0.500. The minimum absolute atomic E-state index is 0.126. The summed E-state index contributed by atoms with van der Waals surface area (Å²) in [6.07, 6.45) is 4.85. The lowest BCUT2D eigenvalue weighted by molar-refractivity contribution is 0.0471. The first-order chi connectivity index (χ1) is 15.0.